The fourth-order valence-corrected chi connectivity index (χ4v) is 1.63. The van der Waals surface area contributed by atoms with Crippen molar-refractivity contribution < 1.29 is 4.79 Å². The average Bonchev–Trinajstić information content (AvgIpc) is 2.81. The van der Waals surface area contributed by atoms with Crippen LogP contribution in [0.1, 0.15) is 23.1 Å². The first kappa shape index (κ1) is 11.0. The molecule has 4 nitrogen and oxygen atoms in total. The molecule has 0 saturated heterocycles. The Balaban J connectivity index is 2.21. The van der Waals surface area contributed by atoms with Gasteiger partial charge in [0.1, 0.15) is 11.0 Å². The number of ketones is 1. The molecule has 2 heterocycles. The molecular formula is C11H12ClN3O. The van der Waals surface area contributed by atoms with E-state index in [9.17, 15) is 4.79 Å². The molecule has 5 heteroatoms. The minimum absolute atomic E-state index is 0.0663. The Morgan fingerprint density at radius 3 is 2.81 bits per heavy atom. The van der Waals surface area contributed by atoms with Crippen molar-refractivity contribution in [3.63, 3.8) is 0 Å². The van der Waals surface area contributed by atoms with Crippen molar-refractivity contribution in [1.82, 2.24) is 14.1 Å². The summed E-state index contributed by atoms with van der Waals surface area (Å²) in [4.78, 5) is 15.3. The molecule has 0 fully saturated rings. The second-order valence-electron chi connectivity index (χ2n) is 3.68. The zero-order valence-corrected chi connectivity index (χ0v) is 9.90. The number of imidazole rings is 1. The molecule has 0 aromatic carbocycles. The van der Waals surface area contributed by atoms with E-state index in [2.05, 4.69) is 4.98 Å². The summed E-state index contributed by atoms with van der Waals surface area (Å²) in [5.74, 6) is 0.923. The van der Waals surface area contributed by atoms with Gasteiger partial charge in [0.15, 0.2) is 5.78 Å². The predicted molar refractivity (Wildman–Crippen MR) is 61.8 cm³/mol. The van der Waals surface area contributed by atoms with E-state index in [-0.39, 0.29) is 5.78 Å². The highest BCUT2D eigenvalue weighted by atomic mass is 35.5. The molecule has 0 bridgehead atoms. The highest BCUT2D eigenvalue weighted by Crippen LogP contribution is 2.11. The normalized spacial score (nSPS) is 10.7. The van der Waals surface area contributed by atoms with Crippen molar-refractivity contribution in [2.75, 3.05) is 0 Å². The number of halogens is 1. The minimum atomic E-state index is 0.0663. The number of Topliss-reactive ketones (excluding diaryl/α,β-unsaturated/α-hetero) is 1. The van der Waals surface area contributed by atoms with Crippen molar-refractivity contribution in [1.29, 1.82) is 0 Å². The molecular weight excluding hydrogens is 226 g/mol. The van der Waals surface area contributed by atoms with E-state index in [0.29, 0.717) is 17.3 Å². The van der Waals surface area contributed by atoms with Crippen LogP contribution in [0.15, 0.2) is 24.7 Å². The highest BCUT2D eigenvalue weighted by molar-refractivity contribution is 6.29. The molecule has 84 valence electrons. The molecule has 2 rings (SSSR count). The summed E-state index contributed by atoms with van der Waals surface area (Å²) in [5, 5.41) is 0.606. The van der Waals surface area contributed by atoms with Crippen molar-refractivity contribution in [2.45, 2.75) is 13.5 Å². The third kappa shape index (κ3) is 2.02. The Bertz CT molecular complexity index is 527. The maximum absolute atomic E-state index is 11.1. The smallest absolute Gasteiger partial charge is 0.161 e. The predicted octanol–water partition coefficient (Wildman–Crippen LogP) is 2.13. The van der Waals surface area contributed by atoms with Gasteiger partial charge >= 0.3 is 0 Å². The maximum Gasteiger partial charge on any atom is 0.161 e. The topological polar surface area (TPSA) is 39.8 Å². The SMILES string of the molecule is CC(=O)c1ccn(Cc2ncc(Cl)n2C)c1. The Morgan fingerprint density at radius 2 is 2.31 bits per heavy atom. The summed E-state index contributed by atoms with van der Waals surface area (Å²) in [6.07, 6.45) is 5.29. The van der Waals surface area contributed by atoms with Gasteiger partial charge in [-0.1, -0.05) is 11.6 Å². The van der Waals surface area contributed by atoms with Gasteiger partial charge in [-0.15, -0.1) is 0 Å². The molecule has 2 aromatic heterocycles. The van der Waals surface area contributed by atoms with E-state index in [1.54, 1.807) is 19.2 Å². The summed E-state index contributed by atoms with van der Waals surface area (Å²) in [7, 11) is 1.86. The zero-order valence-electron chi connectivity index (χ0n) is 9.14. The van der Waals surface area contributed by atoms with Crippen LogP contribution in [0.5, 0.6) is 0 Å². The monoisotopic (exact) mass is 237 g/mol. The quantitative estimate of drug-likeness (QED) is 0.768. The Morgan fingerprint density at radius 1 is 1.56 bits per heavy atom. The van der Waals surface area contributed by atoms with Gasteiger partial charge in [0.05, 0.1) is 12.7 Å². The van der Waals surface area contributed by atoms with Gasteiger partial charge in [0.2, 0.25) is 0 Å². The van der Waals surface area contributed by atoms with Gasteiger partial charge in [-0.05, 0) is 13.0 Å². The number of carbonyl (C=O) groups excluding carboxylic acids is 1. The number of hydrogen-bond acceptors (Lipinski definition) is 2. The average molecular weight is 238 g/mol. The molecule has 16 heavy (non-hydrogen) atoms. The lowest BCUT2D eigenvalue weighted by molar-refractivity contribution is 0.101. The Hall–Kier alpha value is -1.55. The zero-order chi connectivity index (χ0) is 11.7. The molecule has 0 N–H and O–H groups in total. The lowest BCUT2D eigenvalue weighted by Crippen LogP contribution is -2.04. The molecule has 0 radical (unpaired) electrons. The van der Waals surface area contributed by atoms with Gasteiger partial charge in [0, 0.05) is 25.0 Å². The largest absolute Gasteiger partial charge is 0.346 e. The summed E-state index contributed by atoms with van der Waals surface area (Å²) < 4.78 is 3.73. The minimum Gasteiger partial charge on any atom is -0.346 e. The number of hydrogen-bond donors (Lipinski definition) is 0. The third-order valence-corrected chi connectivity index (χ3v) is 2.86. The molecule has 0 aliphatic carbocycles. The second-order valence-corrected chi connectivity index (χ2v) is 4.07. The van der Waals surface area contributed by atoms with Crippen LogP contribution in [-0.2, 0) is 13.6 Å². The fraction of sp³-hybridized carbons (Fsp3) is 0.273. The molecule has 0 saturated carbocycles. The van der Waals surface area contributed by atoms with E-state index in [1.165, 1.54) is 0 Å². The van der Waals surface area contributed by atoms with Crippen LogP contribution in [-0.4, -0.2) is 19.9 Å². The Labute approximate surface area is 98.5 Å². The number of rotatable bonds is 3. The first-order valence-electron chi connectivity index (χ1n) is 4.90. The maximum atomic E-state index is 11.1. The molecule has 0 amide bonds. The Kier molecular flexibility index (Phi) is 2.83. The van der Waals surface area contributed by atoms with Crippen molar-refractivity contribution >= 4 is 17.4 Å². The molecule has 0 unspecified atom stereocenters. The number of carbonyl (C=O) groups is 1. The van der Waals surface area contributed by atoms with Crippen LogP contribution in [0, 0.1) is 0 Å². The van der Waals surface area contributed by atoms with Gasteiger partial charge in [-0.25, -0.2) is 4.98 Å². The van der Waals surface area contributed by atoms with Crippen LogP contribution in [0.3, 0.4) is 0 Å². The molecule has 0 atom stereocenters. The van der Waals surface area contributed by atoms with Crippen LogP contribution in [0.4, 0.5) is 0 Å². The third-order valence-electron chi connectivity index (χ3n) is 2.51. The first-order valence-corrected chi connectivity index (χ1v) is 5.28. The molecule has 0 spiro atoms. The lowest BCUT2D eigenvalue weighted by Gasteiger charge is -2.03. The van der Waals surface area contributed by atoms with Crippen molar-refractivity contribution in [3.8, 4) is 0 Å². The lowest BCUT2D eigenvalue weighted by atomic mass is 10.2. The van der Waals surface area contributed by atoms with E-state index < -0.39 is 0 Å². The molecule has 0 aliphatic heterocycles. The van der Waals surface area contributed by atoms with Crippen LogP contribution >= 0.6 is 11.6 Å². The molecule has 0 aliphatic rings. The van der Waals surface area contributed by atoms with Crippen LogP contribution in [0.2, 0.25) is 5.15 Å². The van der Waals surface area contributed by atoms with Crippen molar-refractivity contribution in [2.24, 2.45) is 7.05 Å². The van der Waals surface area contributed by atoms with Gasteiger partial charge in [-0.2, -0.15) is 0 Å². The fourth-order valence-electron chi connectivity index (χ4n) is 1.48. The number of aromatic nitrogens is 3. The van der Waals surface area contributed by atoms with E-state index >= 15 is 0 Å². The summed E-state index contributed by atoms with van der Waals surface area (Å²) >= 11 is 5.89. The summed E-state index contributed by atoms with van der Waals surface area (Å²) in [6, 6.07) is 1.80. The first-order chi connectivity index (χ1) is 7.58. The van der Waals surface area contributed by atoms with E-state index in [0.717, 1.165) is 5.82 Å². The standard InChI is InChI=1S/C11H12ClN3O/c1-8(16)9-3-4-15(6-9)7-11-13-5-10(12)14(11)2/h3-6H,7H2,1-2H3. The molecule has 2 aromatic rings. The van der Waals surface area contributed by atoms with Gasteiger partial charge in [0.25, 0.3) is 0 Å². The van der Waals surface area contributed by atoms with E-state index in [4.69, 9.17) is 11.6 Å². The number of nitrogens with zero attached hydrogens (tertiary/aromatic N) is 3. The van der Waals surface area contributed by atoms with Crippen LogP contribution in [0.25, 0.3) is 0 Å². The summed E-state index contributed by atoms with van der Waals surface area (Å²) in [5.41, 5.74) is 0.709. The van der Waals surface area contributed by atoms with Crippen molar-refractivity contribution in [3.05, 3.63) is 41.2 Å². The van der Waals surface area contributed by atoms with Gasteiger partial charge in [-0.3, -0.25) is 4.79 Å². The van der Waals surface area contributed by atoms with Crippen LogP contribution < -0.4 is 0 Å². The van der Waals surface area contributed by atoms with E-state index in [1.807, 2.05) is 28.6 Å². The summed E-state index contributed by atoms with van der Waals surface area (Å²) in [6.45, 7) is 2.16. The second kappa shape index (κ2) is 4.14. The van der Waals surface area contributed by atoms with Gasteiger partial charge < -0.3 is 9.13 Å². The highest BCUT2D eigenvalue weighted by Gasteiger charge is 2.06.